The van der Waals surface area contributed by atoms with Gasteiger partial charge < -0.3 is 9.64 Å². The van der Waals surface area contributed by atoms with E-state index < -0.39 is 5.97 Å². The molecule has 0 saturated heterocycles. The van der Waals surface area contributed by atoms with Crippen molar-refractivity contribution in [3.05, 3.63) is 69.7 Å². The van der Waals surface area contributed by atoms with Gasteiger partial charge in [0.2, 0.25) is 0 Å². The Kier molecular flexibility index (Phi) is 5.41. The maximum atomic E-state index is 12.3. The van der Waals surface area contributed by atoms with E-state index in [-0.39, 0.29) is 12.5 Å². The van der Waals surface area contributed by atoms with Gasteiger partial charge >= 0.3 is 5.97 Å². The molecule has 0 spiro atoms. The Morgan fingerprint density at radius 3 is 2.72 bits per heavy atom. The van der Waals surface area contributed by atoms with Gasteiger partial charge in [-0.1, -0.05) is 47.5 Å². The third kappa shape index (κ3) is 4.21. The SMILES string of the molecule is O=C(/C=C/c1ccc(Cl)c(Cl)c1)OCC(=O)N1CCc2ccccc21. The molecule has 4 nitrogen and oxygen atoms in total. The van der Waals surface area contributed by atoms with Crippen LogP contribution in [0, 0.1) is 0 Å². The van der Waals surface area contributed by atoms with E-state index in [2.05, 4.69) is 0 Å². The van der Waals surface area contributed by atoms with Gasteiger partial charge in [0.05, 0.1) is 10.0 Å². The van der Waals surface area contributed by atoms with Crippen molar-refractivity contribution in [1.82, 2.24) is 0 Å². The van der Waals surface area contributed by atoms with Crippen LogP contribution in [-0.2, 0) is 20.7 Å². The molecule has 0 aliphatic carbocycles. The standard InChI is InChI=1S/C19H15Cl2NO3/c20-15-7-5-13(11-16(15)21)6-8-19(24)25-12-18(23)22-10-9-14-3-1-2-4-17(14)22/h1-8,11H,9-10,12H2/b8-6+. The fraction of sp³-hybridized carbons (Fsp3) is 0.158. The number of carbonyl (C=O) groups is 2. The molecule has 0 atom stereocenters. The van der Waals surface area contributed by atoms with Gasteiger partial charge in [-0.2, -0.15) is 0 Å². The summed E-state index contributed by atoms with van der Waals surface area (Å²) >= 11 is 11.7. The molecule has 25 heavy (non-hydrogen) atoms. The molecule has 0 N–H and O–H groups in total. The number of anilines is 1. The minimum absolute atomic E-state index is 0.235. The number of halogens is 2. The zero-order chi connectivity index (χ0) is 17.8. The summed E-state index contributed by atoms with van der Waals surface area (Å²) in [5.74, 6) is -0.826. The second-order valence-corrected chi connectivity index (χ2v) is 6.35. The van der Waals surface area contributed by atoms with Crippen LogP contribution in [0.3, 0.4) is 0 Å². The minimum Gasteiger partial charge on any atom is -0.452 e. The molecule has 0 fully saturated rings. The van der Waals surface area contributed by atoms with Crippen molar-refractivity contribution in [3.63, 3.8) is 0 Å². The van der Waals surface area contributed by atoms with E-state index in [1.807, 2.05) is 24.3 Å². The van der Waals surface area contributed by atoms with Crippen LogP contribution in [0.2, 0.25) is 10.0 Å². The molecule has 0 aromatic heterocycles. The second kappa shape index (κ2) is 7.72. The predicted octanol–water partition coefficient (Wildman–Crippen LogP) is 4.14. The average Bonchev–Trinajstić information content (AvgIpc) is 3.05. The van der Waals surface area contributed by atoms with E-state index in [1.165, 1.54) is 6.08 Å². The molecule has 3 rings (SSSR count). The van der Waals surface area contributed by atoms with Crippen LogP contribution in [0.25, 0.3) is 6.08 Å². The number of hydrogen-bond donors (Lipinski definition) is 0. The van der Waals surface area contributed by atoms with Gasteiger partial charge in [0, 0.05) is 18.3 Å². The van der Waals surface area contributed by atoms with Crippen LogP contribution in [-0.4, -0.2) is 25.0 Å². The van der Waals surface area contributed by atoms with Crippen LogP contribution < -0.4 is 4.90 Å². The van der Waals surface area contributed by atoms with Crippen LogP contribution in [0.1, 0.15) is 11.1 Å². The van der Waals surface area contributed by atoms with Crippen molar-refractivity contribution in [3.8, 4) is 0 Å². The first-order chi connectivity index (χ1) is 12.0. The summed E-state index contributed by atoms with van der Waals surface area (Å²) in [6, 6.07) is 12.7. The van der Waals surface area contributed by atoms with Gasteiger partial charge in [0.15, 0.2) is 6.61 Å². The second-order valence-electron chi connectivity index (χ2n) is 5.54. The highest BCUT2D eigenvalue weighted by molar-refractivity contribution is 6.42. The molecule has 0 bridgehead atoms. The van der Waals surface area contributed by atoms with Gasteiger partial charge in [-0.15, -0.1) is 0 Å². The van der Waals surface area contributed by atoms with E-state index in [0.29, 0.717) is 22.2 Å². The quantitative estimate of drug-likeness (QED) is 0.595. The van der Waals surface area contributed by atoms with E-state index in [9.17, 15) is 9.59 Å². The number of benzene rings is 2. The zero-order valence-corrected chi connectivity index (χ0v) is 14.8. The molecule has 0 saturated carbocycles. The van der Waals surface area contributed by atoms with Gasteiger partial charge in [0.25, 0.3) is 5.91 Å². The van der Waals surface area contributed by atoms with E-state index in [0.717, 1.165) is 17.7 Å². The lowest BCUT2D eigenvalue weighted by atomic mass is 10.2. The molecular weight excluding hydrogens is 361 g/mol. The number of esters is 1. The summed E-state index contributed by atoms with van der Waals surface area (Å²) in [5, 5.41) is 0.845. The summed E-state index contributed by atoms with van der Waals surface area (Å²) in [5.41, 5.74) is 2.72. The number of hydrogen-bond acceptors (Lipinski definition) is 3. The molecule has 2 aromatic carbocycles. The Bertz CT molecular complexity index is 848. The number of rotatable bonds is 4. The normalized spacial score (nSPS) is 13.1. The topological polar surface area (TPSA) is 46.6 Å². The van der Waals surface area contributed by atoms with Crippen LogP contribution in [0.5, 0.6) is 0 Å². The Balaban J connectivity index is 1.55. The number of para-hydroxylation sites is 1. The van der Waals surface area contributed by atoms with Crippen molar-refractivity contribution < 1.29 is 14.3 Å². The first-order valence-corrected chi connectivity index (χ1v) is 8.48. The third-order valence-corrected chi connectivity index (χ3v) is 4.62. The molecule has 0 unspecified atom stereocenters. The molecule has 1 amide bonds. The molecule has 1 aliphatic heterocycles. The predicted molar refractivity (Wildman–Crippen MR) is 99.0 cm³/mol. The van der Waals surface area contributed by atoms with Crippen molar-refractivity contribution in [2.75, 3.05) is 18.1 Å². The molecule has 128 valence electrons. The van der Waals surface area contributed by atoms with Crippen molar-refractivity contribution >= 4 is 46.8 Å². The lowest BCUT2D eigenvalue weighted by Gasteiger charge is -2.16. The molecular formula is C19H15Cl2NO3. The fourth-order valence-electron chi connectivity index (χ4n) is 2.64. The van der Waals surface area contributed by atoms with Crippen molar-refractivity contribution in [2.45, 2.75) is 6.42 Å². The Labute approximate surface area is 155 Å². The summed E-state index contributed by atoms with van der Waals surface area (Å²) < 4.78 is 5.03. The summed E-state index contributed by atoms with van der Waals surface area (Å²) in [6.07, 6.45) is 3.62. The Morgan fingerprint density at radius 2 is 1.92 bits per heavy atom. The molecule has 1 heterocycles. The first kappa shape index (κ1) is 17.5. The number of carbonyl (C=O) groups excluding carboxylic acids is 2. The summed E-state index contributed by atoms with van der Waals surface area (Å²) in [6.45, 7) is 0.313. The summed E-state index contributed by atoms with van der Waals surface area (Å²) in [4.78, 5) is 25.7. The lowest BCUT2D eigenvalue weighted by molar-refractivity contribution is -0.142. The smallest absolute Gasteiger partial charge is 0.331 e. The first-order valence-electron chi connectivity index (χ1n) is 7.73. The Morgan fingerprint density at radius 1 is 1.12 bits per heavy atom. The maximum absolute atomic E-state index is 12.3. The van der Waals surface area contributed by atoms with Crippen LogP contribution in [0.15, 0.2) is 48.5 Å². The Hall–Kier alpha value is -2.30. The van der Waals surface area contributed by atoms with Crippen molar-refractivity contribution in [1.29, 1.82) is 0 Å². The van der Waals surface area contributed by atoms with E-state index in [4.69, 9.17) is 27.9 Å². The minimum atomic E-state index is -0.591. The lowest BCUT2D eigenvalue weighted by Crippen LogP contribution is -2.33. The zero-order valence-electron chi connectivity index (χ0n) is 13.2. The average molecular weight is 376 g/mol. The molecule has 0 radical (unpaired) electrons. The van der Waals surface area contributed by atoms with E-state index >= 15 is 0 Å². The monoisotopic (exact) mass is 375 g/mol. The number of ether oxygens (including phenoxy) is 1. The molecule has 2 aromatic rings. The van der Waals surface area contributed by atoms with Gasteiger partial charge in [-0.25, -0.2) is 4.79 Å². The van der Waals surface area contributed by atoms with Gasteiger partial charge in [-0.3, -0.25) is 4.79 Å². The molecule has 6 heteroatoms. The maximum Gasteiger partial charge on any atom is 0.331 e. The van der Waals surface area contributed by atoms with Gasteiger partial charge in [-0.05, 0) is 41.8 Å². The summed E-state index contributed by atoms with van der Waals surface area (Å²) in [7, 11) is 0. The number of nitrogens with zero attached hydrogens (tertiary/aromatic N) is 1. The third-order valence-electron chi connectivity index (χ3n) is 3.88. The number of fused-ring (bicyclic) bond motifs is 1. The molecule has 1 aliphatic rings. The highest BCUT2D eigenvalue weighted by Gasteiger charge is 2.24. The fourth-order valence-corrected chi connectivity index (χ4v) is 2.94. The van der Waals surface area contributed by atoms with Crippen LogP contribution >= 0.6 is 23.2 Å². The highest BCUT2D eigenvalue weighted by atomic mass is 35.5. The van der Waals surface area contributed by atoms with Crippen LogP contribution in [0.4, 0.5) is 5.69 Å². The number of amides is 1. The highest BCUT2D eigenvalue weighted by Crippen LogP contribution is 2.27. The largest absolute Gasteiger partial charge is 0.452 e. The van der Waals surface area contributed by atoms with E-state index in [1.54, 1.807) is 29.2 Å². The van der Waals surface area contributed by atoms with Crippen molar-refractivity contribution in [2.24, 2.45) is 0 Å². The van der Waals surface area contributed by atoms with Gasteiger partial charge in [0.1, 0.15) is 0 Å².